The average molecular weight is 369 g/mol. The maximum Gasteiger partial charge on any atom is 0.258 e. The molecule has 0 saturated heterocycles. The van der Waals surface area contributed by atoms with Crippen LogP contribution in [0.5, 0.6) is 0 Å². The van der Waals surface area contributed by atoms with Gasteiger partial charge in [0.2, 0.25) is 0 Å². The first-order valence-electron chi connectivity index (χ1n) is 6.42. The quantitative estimate of drug-likeness (QED) is 0.774. The number of carbonyl (C=O) groups is 1. The summed E-state index contributed by atoms with van der Waals surface area (Å²) in [6.07, 6.45) is 4.52. The summed E-state index contributed by atoms with van der Waals surface area (Å²) in [4.78, 5) is 18.9. The maximum atomic E-state index is 12.3. The molecule has 1 heterocycles. The lowest BCUT2D eigenvalue weighted by Crippen LogP contribution is -2.12. The summed E-state index contributed by atoms with van der Waals surface area (Å²) in [5, 5.41) is 3.58. The average Bonchev–Trinajstić information content (AvgIpc) is 2.83. The maximum absolute atomic E-state index is 12.3. The predicted octanol–water partition coefficient (Wildman–Crippen LogP) is 4.33. The van der Waals surface area contributed by atoms with E-state index in [1.54, 1.807) is 17.4 Å². The van der Waals surface area contributed by atoms with Gasteiger partial charge in [-0.2, -0.15) is 0 Å². The Hall–Kier alpha value is -0.850. The molecule has 104 valence electrons. The molecular weight excluding hydrogens is 356 g/mol. The Bertz CT molecular complexity index is 646. The highest BCUT2D eigenvalue weighted by atomic mass is 79.9. The van der Waals surface area contributed by atoms with E-state index in [0.29, 0.717) is 10.7 Å². The molecule has 6 heteroatoms. The molecule has 1 aromatic heterocycles. The fraction of sp³-hybridized carbons (Fsp3) is 0.286. The standard InChI is InChI=1S/C14H13BrN2OS2/c15-10-6-5-8(19)7-9(10)13(18)17-14-16-11-3-1-2-4-12(11)20-14/h5-7,19H,1-4H2,(H,16,17,18). The first-order chi connectivity index (χ1) is 9.63. The van der Waals surface area contributed by atoms with Gasteiger partial charge in [-0.15, -0.1) is 24.0 Å². The molecule has 1 aromatic carbocycles. The van der Waals surface area contributed by atoms with Gasteiger partial charge in [-0.05, 0) is 59.8 Å². The summed E-state index contributed by atoms with van der Waals surface area (Å²) >= 11 is 9.25. The van der Waals surface area contributed by atoms with Crippen LogP contribution in [0.4, 0.5) is 5.13 Å². The number of carbonyl (C=O) groups excluding carboxylic acids is 1. The highest BCUT2D eigenvalue weighted by Crippen LogP contribution is 2.30. The highest BCUT2D eigenvalue weighted by molar-refractivity contribution is 9.10. The van der Waals surface area contributed by atoms with E-state index in [2.05, 4.69) is 38.9 Å². The molecule has 1 aliphatic rings. The minimum Gasteiger partial charge on any atom is -0.298 e. The molecule has 0 unspecified atom stereocenters. The minimum absolute atomic E-state index is 0.154. The topological polar surface area (TPSA) is 42.0 Å². The van der Waals surface area contributed by atoms with Crippen molar-refractivity contribution in [3.8, 4) is 0 Å². The number of anilines is 1. The molecule has 3 nitrogen and oxygen atoms in total. The number of hydrogen-bond donors (Lipinski definition) is 2. The van der Waals surface area contributed by atoms with E-state index >= 15 is 0 Å². The van der Waals surface area contributed by atoms with Crippen LogP contribution in [-0.4, -0.2) is 10.9 Å². The van der Waals surface area contributed by atoms with E-state index in [0.717, 1.165) is 27.9 Å². The van der Waals surface area contributed by atoms with Gasteiger partial charge in [-0.3, -0.25) is 10.1 Å². The molecule has 20 heavy (non-hydrogen) atoms. The Labute approximate surface area is 135 Å². The Morgan fingerprint density at radius 1 is 1.35 bits per heavy atom. The molecule has 0 saturated carbocycles. The number of rotatable bonds is 2. The highest BCUT2D eigenvalue weighted by Gasteiger charge is 2.17. The SMILES string of the molecule is O=C(Nc1nc2c(s1)CCCC2)c1cc(S)ccc1Br. The first kappa shape index (κ1) is 14.1. The molecule has 1 aliphatic carbocycles. The molecule has 2 aromatic rings. The third-order valence-corrected chi connectivity index (χ3v) is 5.30. The Kier molecular flexibility index (Phi) is 4.14. The van der Waals surface area contributed by atoms with Gasteiger partial charge >= 0.3 is 0 Å². The number of thiazole rings is 1. The van der Waals surface area contributed by atoms with E-state index in [9.17, 15) is 4.79 Å². The zero-order valence-corrected chi connectivity index (χ0v) is 13.9. The lowest BCUT2D eigenvalue weighted by molar-refractivity contribution is 0.102. The largest absolute Gasteiger partial charge is 0.298 e. The van der Waals surface area contributed by atoms with Crippen LogP contribution >= 0.6 is 39.9 Å². The molecule has 0 spiro atoms. The van der Waals surface area contributed by atoms with Crippen molar-refractivity contribution in [3.05, 3.63) is 38.8 Å². The molecule has 1 amide bonds. The summed E-state index contributed by atoms with van der Waals surface area (Å²) in [5.74, 6) is -0.154. The number of halogens is 1. The van der Waals surface area contributed by atoms with Crippen LogP contribution < -0.4 is 5.32 Å². The van der Waals surface area contributed by atoms with Gasteiger partial charge in [0, 0.05) is 14.2 Å². The van der Waals surface area contributed by atoms with Gasteiger partial charge in [-0.1, -0.05) is 0 Å². The monoisotopic (exact) mass is 368 g/mol. The van der Waals surface area contributed by atoms with E-state index in [4.69, 9.17) is 0 Å². The number of aryl methyl sites for hydroxylation is 2. The molecule has 3 rings (SSSR count). The van der Waals surface area contributed by atoms with E-state index in [1.165, 1.54) is 17.7 Å². The smallest absolute Gasteiger partial charge is 0.258 e. The van der Waals surface area contributed by atoms with Crippen LogP contribution in [0.2, 0.25) is 0 Å². The summed E-state index contributed by atoms with van der Waals surface area (Å²) in [6.45, 7) is 0. The van der Waals surface area contributed by atoms with Crippen molar-refractivity contribution >= 4 is 50.9 Å². The molecule has 0 fully saturated rings. The summed E-state index contributed by atoms with van der Waals surface area (Å²) in [7, 11) is 0. The van der Waals surface area contributed by atoms with Gasteiger partial charge in [0.15, 0.2) is 5.13 Å². The zero-order valence-electron chi connectivity index (χ0n) is 10.6. The zero-order chi connectivity index (χ0) is 14.1. The van der Waals surface area contributed by atoms with Crippen molar-refractivity contribution in [2.24, 2.45) is 0 Å². The summed E-state index contributed by atoms with van der Waals surface area (Å²) < 4.78 is 0.758. The number of hydrogen-bond acceptors (Lipinski definition) is 4. The Balaban J connectivity index is 1.82. The number of aromatic nitrogens is 1. The second-order valence-electron chi connectivity index (χ2n) is 4.71. The van der Waals surface area contributed by atoms with E-state index in [1.807, 2.05) is 12.1 Å². The number of amides is 1. The van der Waals surface area contributed by atoms with Gasteiger partial charge in [-0.25, -0.2) is 4.98 Å². The van der Waals surface area contributed by atoms with Gasteiger partial charge in [0.05, 0.1) is 11.3 Å². The normalized spacial score (nSPS) is 13.9. The second-order valence-corrected chi connectivity index (χ2v) is 7.17. The summed E-state index contributed by atoms with van der Waals surface area (Å²) in [5.41, 5.74) is 1.73. The van der Waals surface area contributed by atoms with Gasteiger partial charge < -0.3 is 0 Å². The molecule has 1 N–H and O–H groups in total. The molecule has 0 bridgehead atoms. The van der Waals surface area contributed by atoms with Crippen molar-refractivity contribution in [2.75, 3.05) is 5.32 Å². The molecule has 0 aliphatic heterocycles. The van der Waals surface area contributed by atoms with E-state index < -0.39 is 0 Å². The minimum atomic E-state index is -0.154. The van der Waals surface area contributed by atoms with Crippen molar-refractivity contribution in [2.45, 2.75) is 30.6 Å². The Morgan fingerprint density at radius 2 is 2.15 bits per heavy atom. The lowest BCUT2D eigenvalue weighted by Gasteiger charge is -2.06. The predicted molar refractivity (Wildman–Crippen MR) is 88.1 cm³/mol. The third kappa shape index (κ3) is 2.92. The number of benzene rings is 1. The molecular formula is C14H13BrN2OS2. The van der Waals surface area contributed by atoms with Gasteiger partial charge in [0.25, 0.3) is 5.91 Å². The van der Waals surface area contributed by atoms with E-state index in [-0.39, 0.29) is 5.91 Å². The van der Waals surface area contributed by atoms with Crippen LogP contribution in [0.15, 0.2) is 27.6 Å². The number of nitrogens with one attached hydrogen (secondary N) is 1. The number of thiol groups is 1. The van der Waals surface area contributed by atoms with Gasteiger partial charge in [0.1, 0.15) is 0 Å². The van der Waals surface area contributed by atoms with Crippen LogP contribution in [-0.2, 0) is 12.8 Å². The van der Waals surface area contributed by atoms with Crippen LogP contribution in [0.3, 0.4) is 0 Å². The van der Waals surface area contributed by atoms with Crippen LogP contribution in [0.1, 0.15) is 33.8 Å². The summed E-state index contributed by atoms with van der Waals surface area (Å²) in [6, 6.07) is 5.41. The second kappa shape index (κ2) is 5.87. The van der Waals surface area contributed by atoms with Crippen LogP contribution in [0, 0.1) is 0 Å². The van der Waals surface area contributed by atoms with Crippen molar-refractivity contribution < 1.29 is 4.79 Å². The number of fused-ring (bicyclic) bond motifs is 1. The number of nitrogens with zero attached hydrogens (tertiary/aromatic N) is 1. The molecule has 0 atom stereocenters. The fourth-order valence-corrected chi connectivity index (χ4v) is 3.93. The fourth-order valence-electron chi connectivity index (χ4n) is 2.26. The van der Waals surface area contributed by atoms with Crippen molar-refractivity contribution in [3.63, 3.8) is 0 Å². The van der Waals surface area contributed by atoms with Crippen molar-refractivity contribution in [1.82, 2.24) is 4.98 Å². The first-order valence-corrected chi connectivity index (χ1v) is 8.47. The third-order valence-electron chi connectivity index (χ3n) is 3.26. The van der Waals surface area contributed by atoms with Crippen molar-refractivity contribution in [1.29, 1.82) is 0 Å². The molecule has 0 radical (unpaired) electrons. The Morgan fingerprint density at radius 3 is 2.95 bits per heavy atom. The van der Waals surface area contributed by atoms with Crippen LogP contribution in [0.25, 0.3) is 0 Å². The lowest BCUT2D eigenvalue weighted by atomic mass is 10.0.